The quantitative estimate of drug-likeness (QED) is 0.868. The molecule has 1 saturated carbocycles. The first kappa shape index (κ1) is 13.3. The molecule has 1 N–H and O–H groups in total. The molecule has 3 atom stereocenters. The predicted molar refractivity (Wildman–Crippen MR) is 68.8 cm³/mol. The van der Waals surface area contributed by atoms with Crippen molar-refractivity contribution in [2.75, 3.05) is 6.61 Å². The summed E-state index contributed by atoms with van der Waals surface area (Å²) in [5.74, 6) is 0.810. The van der Waals surface area contributed by atoms with Crippen LogP contribution < -0.4 is 4.74 Å². The second-order valence-electron chi connectivity index (χ2n) is 4.63. The van der Waals surface area contributed by atoms with Crippen LogP contribution in [0.5, 0.6) is 5.75 Å². The van der Waals surface area contributed by atoms with Gasteiger partial charge in [0.1, 0.15) is 18.0 Å². The molecule has 3 unspecified atom stereocenters. The second-order valence-corrected chi connectivity index (χ2v) is 4.63. The second kappa shape index (κ2) is 5.67. The molecule has 1 aromatic rings. The maximum absolute atomic E-state index is 9.64. The summed E-state index contributed by atoms with van der Waals surface area (Å²) in [4.78, 5) is 4.46. The third-order valence-electron chi connectivity index (χ3n) is 3.26. The molecule has 1 heterocycles. The van der Waals surface area contributed by atoms with Crippen molar-refractivity contribution in [1.29, 1.82) is 0 Å². The van der Waals surface area contributed by atoms with E-state index in [-0.39, 0.29) is 12.2 Å². The van der Waals surface area contributed by atoms with E-state index in [4.69, 9.17) is 9.47 Å². The topological polar surface area (TPSA) is 51.6 Å². The minimum Gasteiger partial charge on any atom is -0.486 e. The van der Waals surface area contributed by atoms with Gasteiger partial charge in [-0.25, -0.2) is 0 Å². The Morgan fingerprint density at radius 2 is 2.17 bits per heavy atom. The highest BCUT2D eigenvalue weighted by molar-refractivity contribution is 5.30. The van der Waals surface area contributed by atoms with Crippen molar-refractivity contribution in [2.24, 2.45) is 0 Å². The number of ether oxygens (including phenoxy) is 2. The van der Waals surface area contributed by atoms with E-state index in [0.717, 1.165) is 23.6 Å². The number of nitrogens with zero attached hydrogens (tertiary/aromatic N) is 1. The summed E-state index contributed by atoms with van der Waals surface area (Å²) in [6, 6.07) is 3.90. The van der Waals surface area contributed by atoms with Crippen molar-refractivity contribution >= 4 is 0 Å². The molecule has 1 aliphatic rings. The highest BCUT2D eigenvalue weighted by Crippen LogP contribution is 2.30. The molecule has 1 fully saturated rings. The Labute approximate surface area is 108 Å². The number of aromatic nitrogens is 1. The van der Waals surface area contributed by atoms with Gasteiger partial charge in [-0.1, -0.05) is 6.92 Å². The summed E-state index contributed by atoms with van der Waals surface area (Å²) in [6.07, 6.45) is 0.794. The molecule has 18 heavy (non-hydrogen) atoms. The normalized spacial score (nSPS) is 26.8. The standard InChI is InChI=1S/C14H21NO3/c1-4-10-12(7-6-9(3)15-10)18-13-8-11(16)14(13)17-5-2/h6-7,11,13-14,16H,4-5,8H2,1-3H3. The van der Waals surface area contributed by atoms with Gasteiger partial charge in [-0.05, 0) is 32.4 Å². The third-order valence-corrected chi connectivity index (χ3v) is 3.26. The lowest BCUT2D eigenvalue weighted by Crippen LogP contribution is -2.55. The van der Waals surface area contributed by atoms with Crippen LogP contribution in [-0.2, 0) is 11.2 Å². The van der Waals surface area contributed by atoms with Crippen molar-refractivity contribution in [3.63, 3.8) is 0 Å². The van der Waals surface area contributed by atoms with Crippen LogP contribution in [0.15, 0.2) is 12.1 Å². The van der Waals surface area contributed by atoms with Crippen molar-refractivity contribution in [3.05, 3.63) is 23.5 Å². The number of hydrogen-bond donors (Lipinski definition) is 1. The van der Waals surface area contributed by atoms with Gasteiger partial charge in [0.05, 0.1) is 11.8 Å². The van der Waals surface area contributed by atoms with E-state index < -0.39 is 6.10 Å². The van der Waals surface area contributed by atoms with Crippen molar-refractivity contribution in [3.8, 4) is 5.75 Å². The van der Waals surface area contributed by atoms with Gasteiger partial charge in [-0.15, -0.1) is 0 Å². The summed E-state index contributed by atoms with van der Waals surface area (Å²) in [6.45, 7) is 6.55. The Kier molecular flexibility index (Phi) is 4.19. The molecule has 0 aliphatic heterocycles. The van der Waals surface area contributed by atoms with E-state index in [1.807, 2.05) is 26.0 Å². The first-order chi connectivity index (χ1) is 8.65. The number of aryl methyl sites for hydroxylation is 2. The maximum Gasteiger partial charge on any atom is 0.141 e. The lowest BCUT2D eigenvalue weighted by Gasteiger charge is -2.40. The molecular weight excluding hydrogens is 230 g/mol. The lowest BCUT2D eigenvalue weighted by atomic mass is 9.88. The first-order valence-corrected chi connectivity index (χ1v) is 6.58. The van der Waals surface area contributed by atoms with E-state index in [1.54, 1.807) is 0 Å². The number of rotatable bonds is 5. The van der Waals surface area contributed by atoms with Crippen LogP contribution in [0.1, 0.15) is 31.7 Å². The number of aliphatic hydroxyl groups is 1. The zero-order valence-corrected chi connectivity index (χ0v) is 11.2. The van der Waals surface area contributed by atoms with Crippen molar-refractivity contribution in [2.45, 2.75) is 51.9 Å². The van der Waals surface area contributed by atoms with Gasteiger partial charge in [0, 0.05) is 18.7 Å². The van der Waals surface area contributed by atoms with Gasteiger partial charge in [-0.3, -0.25) is 4.98 Å². The molecule has 0 aromatic carbocycles. The van der Waals surface area contributed by atoms with E-state index in [2.05, 4.69) is 11.9 Å². The summed E-state index contributed by atoms with van der Waals surface area (Å²) < 4.78 is 11.4. The highest BCUT2D eigenvalue weighted by atomic mass is 16.6. The largest absolute Gasteiger partial charge is 0.486 e. The van der Waals surface area contributed by atoms with E-state index in [9.17, 15) is 5.11 Å². The molecule has 1 aromatic heterocycles. The minimum absolute atomic E-state index is 0.0604. The van der Waals surface area contributed by atoms with Crippen LogP contribution >= 0.6 is 0 Å². The first-order valence-electron chi connectivity index (χ1n) is 6.58. The summed E-state index contributed by atoms with van der Waals surface area (Å²) >= 11 is 0. The molecular formula is C14H21NO3. The Balaban J connectivity index is 2.05. The fraction of sp³-hybridized carbons (Fsp3) is 0.643. The van der Waals surface area contributed by atoms with Crippen LogP contribution in [0.25, 0.3) is 0 Å². The number of aliphatic hydroxyl groups excluding tert-OH is 1. The Morgan fingerprint density at radius 1 is 1.39 bits per heavy atom. The average Bonchev–Trinajstić information content (AvgIpc) is 2.37. The molecule has 4 heteroatoms. The fourth-order valence-electron chi connectivity index (χ4n) is 2.21. The van der Waals surface area contributed by atoms with Gasteiger partial charge in [0.15, 0.2) is 0 Å². The highest BCUT2D eigenvalue weighted by Gasteiger charge is 2.42. The van der Waals surface area contributed by atoms with Crippen LogP contribution in [0, 0.1) is 6.92 Å². The van der Waals surface area contributed by atoms with Gasteiger partial charge in [0.25, 0.3) is 0 Å². The van der Waals surface area contributed by atoms with E-state index in [1.165, 1.54) is 0 Å². The lowest BCUT2D eigenvalue weighted by molar-refractivity contribution is -0.160. The van der Waals surface area contributed by atoms with Crippen molar-refractivity contribution in [1.82, 2.24) is 4.98 Å². The van der Waals surface area contributed by atoms with Crippen LogP contribution in [0.2, 0.25) is 0 Å². The fourth-order valence-corrected chi connectivity index (χ4v) is 2.21. The zero-order chi connectivity index (χ0) is 13.1. The summed E-state index contributed by atoms with van der Waals surface area (Å²) in [7, 11) is 0. The molecule has 2 rings (SSSR count). The van der Waals surface area contributed by atoms with Crippen LogP contribution in [0.4, 0.5) is 0 Å². The maximum atomic E-state index is 9.64. The Hall–Kier alpha value is -1.13. The van der Waals surface area contributed by atoms with Gasteiger partial charge >= 0.3 is 0 Å². The molecule has 0 bridgehead atoms. The predicted octanol–water partition coefficient (Wildman–Crippen LogP) is 1.87. The molecule has 1 aliphatic carbocycles. The zero-order valence-electron chi connectivity index (χ0n) is 11.2. The van der Waals surface area contributed by atoms with Crippen molar-refractivity contribution < 1.29 is 14.6 Å². The Morgan fingerprint density at radius 3 is 2.78 bits per heavy atom. The van der Waals surface area contributed by atoms with Crippen LogP contribution in [0.3, 0.4) is 0 Å². The smallest absolute Gasteiger partial charge is 0.141 e. The molecule has 100 valence electrons. The molecule has 0 radical (unpaired) electrons. The van der Waals surface area contributed by atoms with Gasteiger partial charge in [0.2, 0.25) is 0 Å². The minimum atomic E-state index is -0.404. The number of hydrogen-bond acceptors (Lipinski definition) is 4. The van der Waals surface area contributed by atoms with Crippen LogP contribution in [-0.4, -0.2) is 35.0 Å². The third kappa shape index (κ3) is 2.65. The Bertz CT molecular complexity index is 408. The van der Waals surface area contributed by atoms with Gasteiger partial charge < -0.3 is 14.6 Å². The molecule has 4 nitrogen and oxygen atoms in total. The summed E-state index contributed by atoms with van der Waals surface area (Å²) in [5, 5.41) is 9.64. The van der Waals surface area contributed by atoms with E-state index in [0.29, 0.717) is 13.0 Å². The SMILES string of the molecule is CCOC1C(O)CC1Oc1ccc(C)nc1CC. The molecule has 0 saturated heterocycles. The average molecular weight is 251 g/mol. The van der Waals surface area contributed by atoms with E-state index >= 15 is 0 Å². The monoisotopic (exact) mass is 251 g/mol. The number of pyridine rings is 1. The molecule has 0 amide bonds. The molecule has 0 spiro atoms. The van der Waals surface area contributed by atoms with Gasteiger partial charge in [-0.2, -0.15) is 0 Å². The summed E-state index contributed by atoms with van der Waals surface area (Å²) in [5.41, 5.74) is 1.96.